The van der Waals surface area contributed by atoms with Crippen LogP contribution in [0.4, 0.5) is 11.4 Å². The van der Waals surface area contributed by atoms with Crippen molar-refractivity contribution in [2.45, 2.75) is 31.2 Å². The summed E-state index contributed by atoms with van der Waals surface area (Å²) in [6.07, 6.45) is 3.26. The third-order valence-electron chi connectivity index (χ3n) is 4.66. The number of hydrogen-bond acceptors (Lipinski definition) is 6. The van der Waals surface area contributed by atoms with Crippen LogP contribution in [0.15, 0.2) is 56.7 Å². The third-order valence-corrected chi connectivity index (χ3v) is 6.00. The predicted octanol–water partition coefficient (Wildman–Crippen LogP) is 2.34. The number of sulfonamides is 1. The maximum atomic E-state index is 13.3. The number of nitrogens with two attached hydrogens (primary N) is 1. The molecule has 9 heteroatoms. The van der Waals surface area contributed by atoms with E-state index >= 15 is 0 Å². The Balaban J connectivity index is 2.00. The molecule has 1 aromatic carbocycles. The summed E-state index contributed by atoms with van der Waals surface area (Å²) in [5.74, 6) is -0.0720. The minimum atomic E-state index is -3.95. The molecule has 0 saturated heterocycles. The number of para-hydroxylation sites is 1. The van der Waals surface area contributed by atoms with Gasteiger partial charge in [0.2, 0.25) is 0 Å². The normalized spacial score (nSPS) is 15.0. The highest BCUT2D eigenvalue weighted by Crippen LogP contribution is 2.30. The fourth-order valence-corrected chi connectivity index (χ4v) is 4.40. The van der Waals surface area contributed by atoms with Gasteiger partial charge in [-0.1, -0.05) is 25.5 Å². The Morgan fingerprint density at radius 2 is 1.96 bits per heavy atom. The van der Waals surface area contributed by atoms with E-state index in [1.807, 2.05) is 6.92 Å². The van der Waals surface area contributed by atoms with Crippen LogP contribution < -0.4 is 16.6 Å². The van der Waals surface area contributed by atoms with Crippen molar-refractivity contribution in [3.05, 3.63) is 58.5 Å². The Hall–Kier alpha value is -3.20. The van der Waals surface area contributed by atoms with Crippen molar-refractivity contribution in [1.29, 1.82) is 0 Å². The van der Waals surface area contributed by atoms with E-state index in [-0.39, 0.29) is 22.0 Å². The van der Waals surface area contributed by atoms with Crippen LogP contribution in [0.3, 0.4) is 0 Å². The average molecular weight is 397 g/mol. The van der Waals surface area contributed by atoms with Crippen LogP contribution in [0.5, 0.6) is 0 Å². The van der Waals surface area contributed by atoms with Gasteiger partial charge >= 0.3 is 0 Å². The molecule has 0 spiro atoms. The van der Waals surface area contributed by atoms with Crippen molar-refractivity contribution in [3.8, 4) is 0 Å². The van der Waals surface area contributed by atoms with Crippen LogP contribution in [-0.2, 0) is 16.6 Å². The summed E-state index contributed by atoms with van der Waals surface area (Å²) in [6, 6.07) is 9.89. The van der Waals surface area contributed by atoms with Crippen LogP contribution in [0, 0.1) is 0 Å². The molecule has 0 amide bonds. The summed E-state index contributed by atoms with van der Waals surface area (Å²) < 4.78 is 30.6. The molecular formula is C19H19N5O3S. The van der Waals surface area contributed by atoms with E-state index in [0.717, 1.165) is 12.8 Å². The Labute approximate surface area is 161 Å². The fraction of sp³-hybridized carbons (Fsp3) is 0.211. The molecule has 0 bridgehead atoms. The largest absolute Gasteiger partial charge is 0.397 e. The smallest absolute Gasteiger partial charge is 0.286 e. The molecule has 1 aliphatic rings. The first kappa shape index (κ1) is 18.2. The number of hydrogen-bond donors (Lipinski definition) is 2. The van der Waals surface area contributed by atoms with E-state index < -0.39 is 15.6 Å². The summed E-state index contributed by atoms with van der Waals surface area (Å²) in [5.41, 5.74) is 6.89. The number of nitrogen functional groups attached to an aromatic ring is 1. The molecule has 3 aromatic rings. The van der Waals surface area contributed by atoms with Crippen LogP contribution in [-0.4, -0.2) is 23.8 Å². The molecule has 2 aromatic heterocycles. The van der Waals surface area contributed by atoms with Gasteiger partial charge in [0.25, 0.3) is 15.6 Å². The standard InChI is InChI=1S/C19H19N5O3S/c1-2-3-11-24-18-12(7-6-10-21-18)16(20)15(19(24)25)17-22-13-8-4-5-9-14(13)28(26,27)23-17/h4-10H,2-3,11,20H2,1H3,(H,22,23). The fourth-order valence-electron chi connectivity index (χ4n) is 3.28. The Bertz CT molecular complexity index is 1280. The molecular weight excluding hydrogens is 378 g/mol. The van der Waals surface area contributed by atoms with E-state index in [4.69, 9.17) is 5.73 Å². The quantitative estimate of drug-likeness (QED) is 0.697. The average Bonchev–Trinajstić information content (AvgIpc) is 2.68. The molecule has 8 nitrogen and oxygen atoms in total. The Morgan fingerprint density at radius 3 is 2.75 bits per heavy atom. The van der Waals surface area contributed by atoms with Gasteiger partial charge in [-0.3, -0.25) is 9.36 Å². The number of aromatic nitrogens is 2. The molecule has 3 heterocycles. The molecule has 0 aliphatic carbocycles. The van der Waals surface area contributed by atoms with E-state index in [1.54, 1.807) is 36.5 Å². The minimum absolute atomic E-state index is 0.0367. The zero-order chi connectivity index (χ0) is 19.9. The first-order valence-electron chi connectivity index (χ1n) is 8.92. The lowest BCUT2D eigenvalue weighted by atomic mass is 10.1. The molecule has 0 fully saturated rings. The van der Waals surface area contributed by atoms with E-state index in [9.17, 15) is 13.2 Å². The molecule has 28 heavy (non-hydrogen) atoms. The highest BCUT2D eigenvalue weighted by atomic mass is 32.2. The van der Waals surface area contributed by atoms with E-state index in [0.29, 0.717) is 23.3 Å². The molecule has 1 aliphatic heterocycles. The Kier molecular flexibility index (Phi) is 4.38. The van der Waals surface area contributed by atoms with Gasteiger partial charge in [0.05, 0.1) is 11.4 Å². The van der Waals surface area contributed by atoms with Crippen LogP contribution in [0.2, 0.25) is 0 Å². The van der Waals surface area contributed by atoms with Crippen molar-refractivity contribution < 1.29 is 8.42 Å². The van der Waals surface area contributed by atoms with Gasteiger partial charge in [0.15, 0.2) is 5.84 Å². The van der Waals surface area contributed by atoms with E-state index in [2.05, 4.69) is 14.7 Å². The zero-order valence-corrected chi connectivity index (χ0v) is 16.0. The maximum Gasteiger partial charge on any atom is 0.286 e. The molecule has 0 radical (unpaired) electrons. The van der Waals surface area contributed by atoms with Gasteiger partial charge in [-0.05, 0) is 30.7 Å². The molecule has 144 valence electrons. The number of benzene rings is 1. The van der Waals surface area contributed by atoms with Crippen molar-refractivity contribution in [3.63, 3.8) is 0 Å². The number of anilines is 2. The lowest BCUT2D eigenvalue weighted by Crippen LogP contribution is -2.34. The highest BCUT2D eigenvalue weighted by Gasteiger charge is 2.29. The molecule has 3 N–H and O–H groups in total. The predicted molar refractivity (Wildman–Crippen MR) is 109 cm³/mol. The number of nitrogens with one attached hydrogen (secondary N) is 1. The monoisotopic (exact) mass is 397 g/mol. The number of unbranched alkanes of at least 4 members (excludes halogenated alkanes) is 1. The molecule has 0 atom stereocenters. The summed E-state index contributed by atoms with van der Waals surface area (Å²) >= 11 is 0. The number of aryl methyl sites for hydroxylation is 1. The molecule has 4 rings (SSSR count). The lowest BCUT2D eigenvalue weighted by Gasteiger charge is -2.20. The minimum Gasteiger partial charge on any atom is -0.397 e. The highest BCUT2D eigenvalue weighted by molar-refractivity contribution is 7.90. The second kappa shape index (κ2) is 6.75. The van der Waals surface area contributed by atoms with Crippen molar-refractivity contribution in [2.75, 3.05) is 11.1 Å². The number of pyridine rings is 2. The van der Waals surface area contributed by atoms with Gasteiger partial charge in [-0.15, -0.1) is 4.40 Å². The number of amidine groups is 1. The van der Waals surface area contributed by atoms with Crippen LogP contribution >= 0.6 is 0 Å². The topological polar surface area (TPSA) is 119 Å². The van der Waals surface area contributed by atoms with Crippen molar-refractivity contribution in [1.82, 2.24) is 9.55 Å². The Morgan fingerprint density at radius 1 is 1.18 bits per heavy atom. The first-order chi connectivity index (χ1) is 13.4. The van der Waals surface area contributed by atoms with E-state index in [1.165, 1.54) is 10.6 Å². The summed E-state index contributed by atoms with van der Waals surface area (Å²) in [6.45, 7) is 2.47. The number of rotatable bonds is 4. The van der Waals surface area contributed by atoms with Crippen LogP contribution in [0.1, 0.15) is 25.3 Å². The van der Waals surface area contributed by atoms with Gasteiger partial charge in [-0.2, -0.15) is 8.42 Å². The maximum absolute atomic E-state index is 13.3. The molecule has 0 saturated carbocycles. The van der Waals surface area contributed by atoms with Gasteiger partial charge in [0.1, 0.15) is 16.1 Å². The van der Waals surface area contributed by atoms with Gasteiger partial charge in [-0.25, -0.2) is 4.98 Å². The molecule has 0 unspecified atom stereocenters. The first-order valence-corrected chi connectivity index (χ1v) is 10.4. The van der Waals surface area contributed by atoms with Gasteiger partial charge in [0, 0.05) is 18.1 Å². The van der Waals surface area contributed by atoms with Crippen molar-refractivity contribution in [2.24, 2.45) is 4.40 Å². The van der Waals surface area contributed by atoms with Crippen molar-refractivity contribution >= 4 is 38.3 Å². The second-order valence-corrected chi connectivity index (χ2v) is 8.08. The third kappa shape index (κ3) is 2.84. The van der Waals surface area contributed by atoms with Crippen LogP contribution in [0.25, 0.3) is 11.0 Å². The number of fused-ring (bicyclic) bond motifs is 2. The number of nitrogens with zero attached hydrogens (tertiary/aromatic N) is 3. The van der Waals surface area contributed by atoms with Gasteiger partial charge < -0.3 is 11.1 Å². The summed E-state index contributed by atoms with van der Waals surface area (Å²) in [5, 5.41) is 3.53. The zero-order valence-electron chi connectivity index (χ0n) is 15.2. The lowest BCUT2D eigenvalue weighted by molar-refractivity contribution is 0.598. The SMILES string of the molecule is CCCCn1c(=O)c(C2=NS(=O)(=O)c3ccccc3N2)c(N)c2cccnc21. The second-order valence-electron chi connectivity index (χ2n) is 6.51. The summed E-state index contributed by atoms with van der Waals surface area (Å²) in [7, 11) is -3.95. The summed E-state index contributed by atoms with van der Waals surface area (Å²) in [4.78, 5) is 17.6.